The van der Waals surface area contributed by atoms with Crippen LogP contribution in [0.5, 0.6) is 0 Å². The Kier molecular flexibility index (Phi) is 3.02. The minimum Gasteiger partial charge on any atom is -0.119 e. The van der Waals surface area contributed by atoms with Crippen LogP contribution >= 0.6 is 11.6 Å². The van der Waals surface area contributed by atoms with Gasteiger partial charge in [0.2, 0.25) is 0 Å². The lowest BCUT2D eigenvalue weighted by Gasteiger charge is -2.33. The maximum absolute atomic E-state index is 6.53. The van der Waals surface area contributed by atoms with Gasteiger partial charge in [0.25, 0.3) is 0 Å². The van der Waals surface area contributed by atoms with Crippen molar-refractivity contribution in [1.82, 2.24) is 0 Å². The molecule has 1 rings (SSSR count). The van der Waals surface area contributed by atoms with E-state index in [0.29, 0.717) is 11.3 Å². The molecule has 1 fully saturated rings. The molecule has 1 saturated carbocycles. The van der Waals surface area contributed by atoms with Gasteiger partial charge < -0.3 is 0 Å². The van der Waals surface area contributed by atoms with E-state index < -0.39 is 0 Å². The molecule has 0 heterocycles. The van der Waals surface area contributed by atoms with E-state index in [2.05, 4.69) is 34.6 Å². The molecule has 0 nitrogen and oxygen atoms in total. The predicted molar refractivity (Wildman–Crippen MR) is 60.2 cm³/mol. The topological polar surface area (TPSA) is 0 Å². The van der Waals surface area contributed by atoms with E-state index in [9.17, 15) is 0 Å². The largest absolute Gasteiger partial charge is 0.119 e. The summed E-state index contributed by atoms with van der Waals surface area (Å²) < 4.78 is 0. The van der Waals surface area contributed by atoms with E-state index >= 15 is 0 Å². The Morgan fingerprint density at radius 2 is 2.00 bits per heavy atom. The van der Waals surface area contributed by atoms with Crippen molar-refractivity contribution in [2.75, 3.05) is 0 Å². The third kappa shape index (κ3) is 1.88. The van der Waals surface area contributed by atoms with Crippen LogP contribution in [0, 0.1) is 17.3 Å². The van der Waals surface area contributed by atoms with Gasteiger partial charge in [-0.25, -0.2) is 0 Å². The van der Waals surface area contributed by atoms with Crippen LogP contribution in [-0.2, 0) is 0 Å². The second-order valence-corrected chi connectivity index (χ2v) is 6.29. The minimum absolute atomic E-state index is 0.0419. The maximum Gasteiger partial charge on any atom is 0.0449 e. The molecule has 0 aromatic rings. The number of alkyl halides is 1. The summed E-state index contributed by atoms with van der Waals surface area (Å²) in [7, 11) is 0. The van der Waals surface area contributed by atoms with Gasteiger partial charge in [0.05, 0.1) is 0 Å². The molecule has 3 unspecified atom stereocenters. The van der Waals surface area contributed by atoms with Crippen LogP contribution in [-0.4, -0.2) is 4.87 Å². The SMILES string of the molecule is CCC1(C(C)C)CC(C)C(C)(Cl)C1. The van der Waals surface area contributed by atoms with Crippen LogP contribution in [0.15, 0.2) is 0 Å². The molecule has 78 valence electrons. The molecule has 0 amide bonds. The molecule has 0 N–H and O–H groups in total. The fourth-order valence-electron chi connectivity index (χ4n) is 2.87. The smallest absolute Gasteiger partial charge is 0.0449 e. The molecule has 3 atom stereocenters. The minimum atomic E-state index is 0.0419. The summed E-state index contributed by atoms with van der Waals surface area (Å²) in [5.41, 5.74) is 0.510. The maximum atomic E-state index is 6.53. The van der Waals surface area contributed by atoms with Gasteiger partial charge >= 0.3 is 0 Å². The lowest BCUT2D eigenvalue weighted by atomic mass is 9.73. The zero-order valence-corrected chi connectivity index (χ0v) is 10.4. The Labute approximate surface area is 88.1 Å². The van der Waals surface area contributed by atoms with Crippen molar-refractivity contribution in [2.24, 2.45) is 17.3 Å². The van der Waals surface area contributed by atoms with Gasteiger partial charge in [0, 0.05) is 4.87 Å². The van der Waals surface area contributed by atoms with Crippen LogP contribution < -0.4 is 0 Å². The first-order valence-electron chi connectivity index (χ1n) is 5.53. The molecule has 0 spiro atoms. The second-order valence-electron chi connectivity index (χ2n) is 5.43. The highest BCUT2D eigenvalue weighted by Crippen LogP contribution is 2.56. The summed E-state index contributed by atoms with van der Waals surface area (Å²) in [6.07, 6.45) is 3.77. The van der Waals surface area contributed by atoms with Gasteiger partial charge in [-0.3, -0.25) is 0 Å². The van der Waals surface area contributed by atoms with Crippen LogP contribution in [0.25, 0.3) is 0 Å². The molecule has 1 aliphatic carbocycles. The fraction of sp³-hybridized carbons (Fsp3) is 1.00. The van der Waals surface area contributed by atoms with Crippen molar-refractivity contribution in [3.63, 3.8) is 0 Å². The Hall–Kier alpha value is 0.290. The van der Waals surface area contributed by atoms with E-state index in [1.54, 1.807) is 0 Å². The van der Waals surface area contributed by atoms with Gasteiger partial charge in [-0.05, 0) is 37.0 Å². The standard InChI is InChI=1S/C12H23Cl/c1-6-12(9(2)3)7-10(4)11(5,13)8-12/h9-10H,6-8H2,1-5H3. The number of hydrogen-bond donors (Lipinski definition) is 0. The Bertz CT molecular complexity index is 184. The Morgan fingerprint density at radius 3 is 2.15 bits per heavy atom. The lowest BCUT2D eigenvalue weighted by Crippen LogP contribution is -2.25. The first-order valence-corrected chi connectivity index (χ1v) is 5.91. The highest BCUT2D eigenvalue weighted by Gasteiger charge is 2.49. The molecular formula is C12H23Cl. The van der Waals surface area contributed by atoms with Gasteiger partial charge in [-0.2, -0.15) is 0 Å². The molecule has 0 bridgehead atoms. The van der Waals surface area contributed by atoms with Gasteiger partial charge in [-0.15, -0.1) is 11.6 Å². The average molecular weight is 203 g/mol. The van der Waals surface area contributed by atoms with Crippen molar-refractivity contribution >= 4 is 11.6 Å². The van der Waals surface area contributed by atoms with Crippen molar-refractivity contribution in [3.05, 3.63) is 0 Å². The molecule has 1 heteroatoms. The Morgan fingerprint density at radius 1 is 1.46 bits per heavy atom. The quantitative estimate of drug-likeness (QED) is 0.580. The number of rotatable bonds is 2. The molecule has 0 aromatic heterocycles. The third-order valence-corrected chi connectivity index (χ3v) is 4.87. The Balaban J connectivity index is 2.85. The van der Waals surface area contributed by atoms with Crippen LogP contribution in [0.2, 0.25) is 0 Å². The normalized spacial score (nSPS) is 45.9. The molecule has 1 aliphatic rings. The first-order chi connectivity index (χ1) is 5.84. The fourth-order valence-corrected chi connectivity index (χ4v) is 3.22. The summed E-state index contributed by atoms with van der Waals surface area (Å²) >= 11 is 6.53. The van der Waals surface area contributed by atoms with Gasteiger partial charge in [0.15, 0.2) is 0 Å². The van der Waals surface area contributed by atoms with Gasteiger partial charge in [0.1, 0.15) is 0 Å². The van der Waals surface area contributed by atoms with E-state index in [0.717, 1.165) is 5.92 Å². The second kappa shape index (κ2) is 3.46. The van der Waals surface area contributed by atoms with E-state index in [1.165, 1.54) is 19.3 Å². The zero-order chi connectivity index (χ0) is 10.3. The summed E-state index contributed by atoms with van der Waals surface area (Å²) in [5.74, 6) is 1.43. The summed E-state index contributed by atoms with van der Waals surface area (Å²) in [6.45, 7) is 11.5. The van der Waals surface area contributed by atoms with Crippen LogP contribution in [0.1, 0.15) is 53.9 Å². The van der Waals surface area contributed by atoms with Crippen LogP contribution in [0.3, 0.4) is 0 Å². The molecule has 0 aliphatic heterocycles. The van der Waals surface area contributed by atoms with Crippen molar-refractivity contribution < 1.29 is 0 Å². The lowest BCUT2D eigenvalue weighted by molar-refractivity contribution is 0.179. The molecule has 0 aromatic carbocycles. The zero-order valence-electron chi connectivity index (χ0n) is 9.65. The summed E-state index contributed by atoms with van der Waals surface area (Å²) in [5, 5.41) is 0. The molecule has 0 radical (unpaired) electrons. The van der Waals surface area contributed by atoms with E-state index in [1.807, 2.05) is 0 Å². The molecular weight excluding hydrogens is 180 g/mol. The highest BCUT2D eigenvalue weighted by atomic mass is 35.5. The van der Waals surface area contributed by atoms with Crippen molar-refractivity contribution in [3.8, 4) is 0 Å². The molecule has 0 saturated heterocycles. The van der Waals surface area contributed by atoms with Crippen LogP contribution in [0.4, 0.5) is 0 Å². The van der Waals surface area contributed by atoms with Gasteiger partial charge in [-0.1, -0.05) is 34.1 Å². The summed E-state index contributed by atoms with van der Waals surface area (Å²) in [4.78, 5) is 0.0419. The highest BCUT2D eigenvalue weighted by molar-refractivity contribution is 6.24. The van der Waals surface area contributed by atoms with Crippen molar-refractivity contribution in [2.45, 2.75) is 58.8 Å². The average Bonchev–Trinajstić information content (AvgIpc) is 2.24. The van der Waals surface area contributed by atoms with E-state index in [-0.39, 0.29) is 4.87 Å². The van der Waals surface area contributed by atoms with Crippen molar-refractivity contribution in [1.29, 1.82) is 0 Å². The monoisotopic (exact) mass is 202 g/mol. The predicted octanol–water partition coefficient (Wildman–Crippen LogP) is 4.47. The molecule has 13 heavy (non-hydrogen) atoms. The summed E-state index contributed by atoms with van der Waals surface area (Å²) in [6, 6.07) is 0. The number of hydrogen-bond acceptors (Lipinski definition) is 0. The third-order valence-electron chi connectivity index (χ3n) is 4.37. The van der Waals surface area contributed by atoms with E-state index in [4.69, 9.17) is 11.6 Å². The first kappa shape index (κ1) is 11.4. The number of halogens is 1.